The van der Waals surface area contributed by atoms with Gasteiger partial charge in [0.2, 0.25) is 5.69 Å². The number of aromatic amines is 1. The van der Waals surface area contributed by atoms with Crippen molar-refractivity contribution in [3.8, 4) is 5.69 Å². The zero-order valence-electron chi connectivity index (χ0n) is 13.4. The van der Waals surface area contributed by atoms with Crippen LogP contribution < -0.4 is 15.6 Å². The number of hydrogen-bond acceptors (Lipinski definition) is 3. The second-order valence-corrected chi connectivity index (χ2v) is 6.09. The zero-order chi connectivity index (χ0) is 16.9. The van der Waals surface area contributed by atoms with E-state index in [2.05, 4.69) is 10.6 Å². The number of nitrogens with one attached hydrogen (secondary N) is 2. The molecule has 2 N–H and O–H groups in total. The Kier molecular flexibility index (Phi) is 5.13. The fourth-order valence-electron chi connectivity index (χ4n) is 2.44. The van der Waals surface area contributed by atoms with Gasteiger partial charge < -0.3 is 5.32 Å². The molecule has 5 nitrogen and oxygen atoms in total. The van der Waals surface area contributed by atoms with Crippen LogP contribution in [0.1, 0.15) is 16.8 Å². The van der Waals surface area contributed by atoms with Crippen LogP contribution in [0.3, 0.4) is 0 Å². The van der Waals surface area contributed by atoms with Gasteiger partial charge in [-0.3, -0.25) is 4.52 Å². The Morgan fingerprint density at radius 1 is 1.12 bits per heavy atom. The summed E-state index contributed by atoms with van der Waals surface area (Å²) in [5.41, 5.74) is 3.39. The smallest absolute Gasteiger partial charge is 0.307 e. The molecule has 0 radical (unpaired) electrons. The summed E-state index contributed by atoms with van der Waals surface area (Å²) in [4.78, 5) is 11.9. The van der Waals surface area contributed by atoms with Crippen LogP contribution >= 0.6 is 11.6 Å². The molecule has 0 bridgehead atoms. The highest BCUT2D eigenvalue weighted by Gasteiger charge is 2.22. The van der Waals surface area contributed by atoms with Gasteiger partial charge in [-0.2, -0.15) is 0 Å². The van der Waals surface area contributed by atoms with Crippen LogP contribution in [0.5, 0.6) is 0 Å². The minimum absolute atomic E-state index is 0.366. The number of H-pyrrole nitrogens is 1. The number of rotatable bonds is 6. The predicted molar refractivity (Wildman–Crippen MR) is 92.5 cm³/mol. The molecule has 0 amide bonds. The van der Waals surface area contributed by atoms with Crippen molar-refractivity contribution < 1.29 is 9.20 Å². The largest absolute Gasteiger partial charge is 0.431 e. The Morgan fingerprint density at radius 3 is 2.54 bits per heavy atom. The van der Waals surface area contributed by atoms with Crippen molar-refractivity contribution in [3.05, 3.63) is 80.8 Å². The average molecular weight is 345 g/mol. The van der Waals surface area contributed by atoms with Crippen LogP contribution in [-0.2, 0) is 13.0 Å². The Balaban J connectivity index is 1.63. The highest BCUT2D eigenvalue weighted by atomic mass is 35.5. The molecule has 0 atom stereocenters. The first-order valence-electron chi connectivity index (χ1n) is 7.78. The van der Waals surface area contributed by atoms with Gasteiger partial charge in [0.25, 0.3) is 0 Å². The molecule has 1 aromatic heterocycles. The van der Waals surface area contributed by atoms with Crippen molar-refractivity contribution >= 4 is 11.6 Å². The Morgan fingerprint density at radius 2 is 1.83 bits per heavy atom. The van der Waals surface area contributed by atoms with Crippen molar-refractivity contribution in [3.63, 3.8) is 0 Å². The van der Waals surface area contributed by atoms with Crippen molar-refractivity contribution in [1.29, 1.82) is 0 Å². The van der Waals surface area contributed by atoms with Crippen molar-refractivity contribution in [2.24, 2.45) is 0 Å². The van der Waals surface area contributed by atoms with Gasteiger partial charge in [-0.1, -0.05) is 41.4 Å². The second kappa shape index (κ2) is 7.47. The molecular formula is C18H19ClN3O2+. The number of aryl methyl sites for hydroxylation is 1. The molecule has 0 aliphatic heterocycles. The molecule has 0 saturated carbocycles. The summed E-state index contributed by atoms with van der Waals surface area (Å²) in [5.74, 6) is 0. The predicted octanol–water partition coefficient (Wildman–Crippen LogP) is 2.54. The summed E-state index contributed by atoms with van der Waals surface area (Å²) >= 11 is 5.88. The maximum Gasteiger partial charge on any atom is 0.431 e. The van der Waals surface area contributed by atoms with E-state index in [1.807, 2.05) is 55.5 Å². The fraction of sp³-hybridized carbons (Fsp3) is 0.222. The number of hydrogen-bond donors (Lipinski definition) is 2. The van der Waals surface area contributed by atoms with E-state index in [4.69, 9.17) is 16.1 Å². The summed E-state index contributed by atoms with van der Waals surface area (Å²) < 4.78 is 6.60. The molecule has 0 fully saturated rings. The van der Waals surface area contributed by atoms with E-state index in [0.29, 0.717) is 12.2 Å². The van der Waals surface area contributed by atoms with E-state index in [-0.39, 0.29) is 5.63 Å². The van der Waals surface area contributed by atoms with Crippen LogP contribution in [-0.4, -0.2) is 11.8 Å². The summed E-state index contributed by atoms with van der Waals surface area (Å²) in [7, 11) is 0. The first-order chi connectivity index (χ1) is 11.6. The van der Waals surface area contributed by atoms with Crippen molar-refractivity contribution in [2.45, 2.75) is 19.9 Å². The van der Waals surface area contributed by atoms with Crippen LogP contribution in [0.2, 0.25) is 5.02 Å². The third-order valence-electron chi connectivity index (χ3n) is 3.82. The Bertz CT molecular complexity index is 851. The summed E-state index contributed by atoms with van der Waals surface area (Å²) in [5, 5.41) is 6.66. The highest BCUT2D eigenvalue weighted by Crippen LogP contribution is 2.09. The number of nitrogens with zero attached hydrogens (tertiary/aromatic N) is 1. The first-order valence-corrected chi connectivity index (χ1v) is 8.16. The van der Waals surface area contributed by atoms with Crippen molar-refractivity contribution in [1.82, 2.24) is 10.6 Å². The van der Waals surface area contributed by atoms with Gasteiger partial charge in [-0.15, -0.1) is 0 Å². The molecule has 0 spiro atoms. The zero-order valence-corrected chi connectivity index (χ0v) is 14.1. The van der Waals surface area contributed by atoms with Crippen LogP contribution in [0, 0.1) is 6.92 Å². The lowest BCUT2D eigenvalue weighted by atomic mass is 10.1. The monoisotopic (exact) mass is 344 g/mol. The fourth-order valence-corrected chi connectivity index (χ4v) is 2.56. The van der Waals surface area contributed by atoms with Gasteiger partial charge in [0.05, 0.1) is 6.54 Å². The van der Waals surface area contributed by atoms with E-state index >= 15 is 0 Å². The molecule has 1 heterocycles. The molecule has 3 rings (SSSR count). The lowest BCUT2D eigenvalue weighted by molar-refractivity contribution is -0.677. The number of benzene rings is 2. The van der Waals surface area contributed by atoms with Gasteiger partial charge in [0.1, 0.15) is 0 Å². The molecule has 6 heteroatoms. The number of halogens is 1. The van der Waals surface area contributed by atoms with Crippen LogP contribution in [0.25, 0.3) is 5.69 Å². The van der Waals surface area contributed by atoms with E-state index in [9.17, 15) is 4.79 Å². The van der Waals surface area contributed by atoms with Gasteiger partial charge in [-0.25, -0.2) is 4.79 Å². The molecule has 0 aliphatic rings. The molecule has 3 aromatic rings. The van der Waals surface area contributed by atoms with Crippen LogP contribution in [0.4, 0.5) is 0 Å². The molecular weight excluding hydrogens is 326 g/mol. The average Bonchev–Trinajstić information content (AvgIpc) is 2.95. The Labute approximate surface area is 144 Å². The van der Waals surface area contributed by atoms with Gasteiger partial charge in [0.15, 0.2) is 0 Å². The quantitative estimate of drug-likeness (QED) is 0.533. The van der Waals surface area contributed by atoms with E-state index in [0.717, 1.165) is 29.2 Å². The van der Waals surface area contributed by atoms with Crippen molar-refractivity contribution in [2.75, 3.05) is 6.54 Å². The van der Waals surface area contributed by atoms with E-state index < -0.39 is 0 Å². The lowest BCUT2D eigenvalue weighted by Crippen LogP contribution is -2.41. The SMILES string of the molecule is Cc1ccc(-[n+]2[nH]oc(=O)c2CNCCc2ccc(Cl)cc2)cc1. The Hall–Kier alpha value is -2.37. The highest BCUT2D eigenvalue weighted by molar-refractivity contribution is 6.30. The topological polar surface area (TPSA) is 61.9 Å². The third-order valence-corrected chi connectivity index (χ3v) is 4.08. The maximum atomic E-state index is 11.9. The van der Waals surface area contributed by atoms with E-state index in [1.165, 1.54) is 5.56 Å². The summed E-state index contributed by atoms with van der Waals surface area (Å²) in [6, 6.07) is 15.6. The molecule has 24 heavy (non-hydrogen) atoms. The summed E-state index contributed by atoms with van der Waals surface area (Å²) in [6.45, 7) is 3.19. The van der Waals surface area contributed by atoms with Gasteiger partial charge >= 0.3 is 11.3 Å². The second-order valence-electron chi connectivity index (χ2n) is 5.65. The van der Waals surface area contributed by atoms with Crippen LogP contribution in [0.15, 0.2) is 57.8 Å². The van der Waals surface area contributed by atoms with Gasteiger partial charge in [0, 0.05) is 17.2 Å². The maximum absolute atomic E-state index is 11.9. The number of aromatic nitrogens is 2. The third kappa shape index (κ3) is 3.93. The molecule has 0 unspecified atom stereocenters. The normalized spacial score (nSPS) is 10.9. The first kappa shape index (κ1) is 16.5. The lowest BCUT2D eigenvalue weighted by Gasteiger charge is -2.02. The summed E-state index contributed by atoms with van der Waals surface area (Å²) in [6.07, 6.45) is 0.859. The molecule has 0 saturated heterocycles. The van der Waals surface area contributed by atoms with E-state index in [1.54, 1.807) is 4.68 Å². The molecule has 2 aromatic carbocycles. The standard InChI is InChI=1S/C18H18ClN3O2/c1-13-2-8-16(9-3-13)22-17(18(23)24-21-22)12-20-11-10-14-4-6-15(19)7-5-14/h2-9,20H,10-12H2,1H3/p+1. The minimum atomic E-state index is -0.366. The minimum Gasteiger partial charge on any atom is -0.307 e. The van der Waals surface area contributed by atoms with Gasteiger partial charge in [-0.05, 0) is 47.5 Å². The molecule has 0 aliphatic carbocycles. The molecule has 124 valence electrons.